The van der Waals surface area contributed by atoms with Crippen molar-refractivity contribution in [2.24, 2.45) is 11.8 Å². The molecular weight excluding hydrogens is 270 g/mol. The number of nitrogens with two attached hydrogens (primary N) is 1. The summed E-state index contributed by atoms with van der Waals surface area (Å²) in [5, 5.41) is 2.66. The van der Waals surface area contributed by atoms with Crippen LogP contribution < -0.4 is 16.6 Å². The third-order valence-corrected chi connectivity index (χ3v) is 4.73. The molecule has 0 saturated carbocycles. The molecule has 0 spiro atoms. The Morgan fingerprint density at radius 3 is 2.89 bits per heavy atom. The molecule has 1 amide bonds. The molecule has 0 radical (unpaired) electrons. The van der Waals surface area contributed by atoms with Gasteiger partial charge < -0.3 is 10.7 Å². The average Bonchev–Trinajstić information content (AvgIpc) is 2.75. The number of hydrogen-bond donors (Lipinski definition) is 3. The largest absolute Gasteiger partial charge is 0.350 e. The zero-order valence-corrected chi connectivity index (χ0v) is 11.0. The van der Waals surface area contributed by atoms with Crippen molar-refractivity contribution >= 4 is 21.6 Å². The number of carbonyl (C=O) groups excluding carboxylic acids is 1. The van der Waals surface area contributed by atoms with E-state index in [9.17, 15) is 13.2 Å². The SMILES string of the molecule is NNc1cncc(C(=O)NCC2CCS(=O)(=O)C2)n1. The van der Waals surface area contributed by atoms with Crippen LogP contribution in [0.3, 0.4) is 0 Å². The van der Waals surface area contributed by atoms with E-state index < -0.39 is 15.7 Å². The fourth-order valence-electron chi connectivity index (χ4n) is 1.91. The van der Waals surface area contributed by atoms with E-state index in [0.717, 1.165) is 0 Å². The Bertz CT molecular complexity index is 574. The predicted molar refractivity (Wildman–Crippen MR) is 68.9 cm³/mol. The smallest absolute Gasteiger partial charge is 0.271 e. The molecule has 9 heteroatoms. The number of rotatable bonds is 4. The van der Waals surface area contributed by atoms with Gasteiger partial charge in [-0.25, -0.2) is 19.2 Å². The lowest BCUT2D eigenvalue weighted by Crippen LogP contribution is -2.30. The van der Waals surface area contributed by atoms with Crippen LogP contribution in [0.25, 0.3) is 0 Å². The van der Waals surface area contributed by atoms with E-state index in [0.29, 0.717) is 13.0 Å². The summed E-state index contributed by atoms with van der Waals surface area (Å²) < 4.78 is 22.6. The number of nitrogens with one attached hydrogen (secondary N) is 2. The van der Waals surface area contributed by atoms with Crippen molar-refractivity contribution < 1.29 is 13.2 Å². The molecule has 1 aromatic rings. The highest BCUT2D eigenvalue weighted by atomic mass is 32.2. The maximum Gasteiger partial charge on any atom is 0.271 e. The molecule has 1 aromatic heterocycles. The van der Waals surface area contributed by atoms with Crippen LogP contribution in [-0.4, -0.2) is 42.3 Å². The molecule has 2 rings (SSSR count). The Kier molecular flexibility index (Phi) is 3.96. The van der Waals surface area contributed by atoms with E-state index >= 15 is 0 Å². The maximum atomic E-state index is 11.8. The second-order valence-corrected chi connectivity index (χ2v) is 6.64. The summed E-state index contributed by atoms with van der Waals surface area (Å²) in [7, 11) is -2.92. The molecule has 1 aliphatic rings. The maximum absolute atomic E-state index is 11.8. The zero-order chi connectivity index (χ0) is 13.9. The van der Waals surface area contributed by atoms with Gasteiger partial charge in [0.1, 0.15) is 5.69 Å². The minimum atomic E-state index is -2.92. The van der Waals surface area contributed by atoms with Gasteiger partial charge in [0, 0.05) is 6.54 Å². The van der Waals surface area contributed by atoms with E-state index in [1.54, 1.807) is 0 Å². The van der Waals surface area contributed by atoms with Gasteiger partial charge in [-0.2, -0.15) is 0 Å². The standard InChI is InChI=1S/C10H15N5O3S/c11-15-9-5-12-4-8(14-9)10(16)13-3-7-1-2-19(17,18)6-7/h4-5,7H,1-3,6,11H2,(H,13,16)(H,14,15). The van der Waals surface area contributed by atoms with Crippen LogP contribution in [0, 0.1) is 5.92 Å². The monoisotopic (exact) mass is 285 g/mol. The van der Waals surface area contributed by atoms with Gasteiger partial charge in [0.15, 0.2) is 15.7 Å². The molecular formula is C10H15N5O3S. The molecule has 104 valence electrons. The second-order valence-electron chi connectivity index (χ2n) is 4.41. The third-order valence-electron chi connectivity index (χ3n) is 2.89. The normalized spacial score (nSPS) is 21.0. The first-order chi connectivity index (χ1) is 9.00. The summed E-state index contributed by atoms with van der Waals surface area (Å²) in [4.78, 5) is 19.6. The first-order valence-corrected chi connectivity index (χ1v) is 7.59. The van der Waals surface area contributed by atoms with E-state index in [2.05, 4.69) is 20.7 Å². The first kappa shape index (κ1) is 13.7. The highest BCUT2D eigenvalue weighted by Gasteiger charge is 2.28. The van der Waals surface area contributed by atoms with Gasteiger partial charge in [0.05, 0.1) is 23.9 Å². The van der Waals surface area contributed by atoms with Crippen LogP contribution >= 0.6 is 0 Å². The van der Waals surface area contributed by atoms with Crippen molar-refractivity contribution in [2.45, 2.75) is 6.42 Å². The van der Waals surface area contributed by atoms with Gasteiger partial charge in [0.2, 0.25) is 0 Å². The summed E-state index contributed by atoms with van der Waals surface area (Å²) in [5.41, 5.74) is 2.43. The molecule has 1 aliphatic heterocycles. The van der Waals surface area contributed by atoms with Crippen LogP contribution in [0.5, 0.6) is 0 Å². The lowest BCUT2D eigenvalue weighted by molar-refractivity contribution is 0.0943. The number of nitrogens with zero attached hydrogens (tertiary/aromatic N) is 2. The molecule has 1 atom stereocenters. The highest BCUT2D eigenvalue weighted by molar-refractivity contribution is 7.91. The van der Waals surface area contributed by atoms with Gasteiger partial charge in [-0.05, 0) is 12.3 Å². The van der Waals surface area contributed by atoms with Gasteiger partial charge in [-0.1, -0.05) is 0 Å². The fourth-order valence-corrected chi connectivity index (χ4v) is 3.77. The van der Waals surface area contributed by atoms with Gasteiger partial charge in [0.25, 0.3) is 5.91 Å². The quantitative estimate of drug-likeness (QED) is 0.474. The van der Waals surface area contributed by atoms with Gasteiger partial charge in [-0.3, -0.25) is 9.78 Å². The summed E-state index contributed by atoms with van der Waals surface area (Å²) >= 11 is 0. The molecule has 4 N–H and O–H groups in total. The molecule has 1 saturated heterocycles. The van der Waals surface area contributed by atoms with E-state index in [-0.39, 0.29) is 28.9 Å². The van der Waals surface area contributed by atoms with Crippen LogP contribution in [0.4, 0.5) is 5.82 Å². The Balaban J connectivity index is 1.91. The number of anilines is 1. The number of nitrogen functional groups attached to an aromatic ring is 1. The molecule has 2 heterocycles. The molecule has 1 fully saturated rings. The second kappa shape index (κ2) is 5.49. The summed E-state index contributed by atoms with van der Waals surface area (Å²) in [6.07, 6.45) is 3.29. The van der Waals surface area contributed by atoms with Crippen LogP contribution in [-0.2, 0) is 9.84 Å². The van der Waals surface area contributed by atoms with E-state index in [4.69, 9.17) is 5.84 Å². The first-order valence-electron chi connectivity index (χ1n) is 5.77. The summed E-state index contributed by atoms with van der Waals surface area (Å²) in [6, 6.07) is 0. The van der Waals surface area contributed by atoms with Crippen LogP contribution in [0.1, 0.15) is 16.9 Å². The van der Waals surface area contributed by atoms with E-state index in [1.165, 1.54) is 12.4 Å². The highest BCUT2D eigenvalue weighted by Crippen LogP contribution is 2.17. The van der Waals surface area contributed by atoms with Crippen molar-refractivity contribution in [3.05, 3.63) is 18.1 Å². The summed E-state index contributed by atoms with van der Waals surface area (Å²) in [6.45, 7) is 0.319. The molecule has 8 nitrogen and oxygen atoms in total. The Hall–Kier alpha value is -1.74. The van der Waals surface area contributed by atoms with E-state index in [1.807, 2.05) is 0 Å². The molecule has 0 bridgehead atoms. The molecule has 0 aliphatic carbocycles. The van der Waals surface area contributed by atoms with Gasteiger partial charge >= 0.3 is 0 Å². The summed E-state index contributed by atoms with van der Waals surface area (Å²) in [5.74, 6) is 5.36. The van der Waals surface area contributed by atoms with Crippen LogP contribution in [0.15, 0.2) is 12.4 Å². The zero-order valence-electron chi connectivity index (χ0n) is 10.2. The van der Waals surface area contributed by atoms with Crippen LogP contribution in [0.2, 0.25) is 0 Å². The number of hydrogen-bond acceptors (Lipinski definition) is 7. The molecule has 0 aromatic carbocycles. The van der Waals surface area contributed by atoms with Crippen molar-refractivity contribution in [1.82, 2.24) is 15.3 Å². The van der Waals surface area contributed by atoms with Crippen molar-refractivity contribution in [3.8, 4) is 0 Å². The minimum absolute atomic E-state index is 0.0299. The Morgan fingerprint density at radius 2 is 2.26 bits per heavy atom. The lowest BCUT2D eigenvalue weighted by atomic mass is 10.1. The number of sulfone groups is 1. The fraction of sp³-hybridized carbons (Fsp3) is 0.500. The Morgan fingerprint density at radius 1 is 1.47 bits per heavy atom. The molecule has 19 heavy (non-hydrogen) atoms. The van der Waals surface area contributed by atoms with Crippen molar-refractivity contribution in [3.63, 3.8) is 0 Å². The Labute approximate surface area is 110 Å². The number of amides is 1. The molecule has 1 unspecified atom stereocenters. The lowest BCUT2D eigenvalue weighted by Gasteiger charge is -2.09. The number of carbonyl (C=O) groups is 1. The minimum Gasteiger partial charge on any atom is -0.350 e. The van der Waals surface area contributed by atoms with Gasteiger partial charge in [-0.15, -0.1) is 0 Å². The topological polar surface area (TPSA) is 127 Å². The number of aromatic nitrogens is 2. The average molecular weight is 285 g/mol. The third kappa shape index (κ3) is 3.61. The van der Waals surface area contributed by atoms with Crippen molar-refractivity contribution in [2.75, 3.05) is 23.5 Å². The van der Waals surface area contributed by atoms with Crippen molar-refractivity contribution in [1.29, 1.82) is 0 Å². The number of hydrazine groups is 1. The predicted octanol–water partition coefficient (Wildman–Crippen LogP) is -1.07.